The molecule has 3 nitrogen and oxygen atoms in total. The van der Waals surface area contributed by atoms with Crippen LogP contribution in [0.2, 0.25) is 0 Å². The maximum Gasteiger partial charge on any atom is 0.0445 e. The molecule has 3 aliphatic rings. The van der Waals surface area contributed by atoms with E-state index >= 15 is 0 Å². The van der Waals surface area contributed by atoms with Crippen LogP contribution in [-0.2, 0) is 6.54 Å². The number of pyridine rings is 1. The fraction of sp³-hybridized carbons (Fsp3) is 0.667. The SMILES string of the molecule is c1cc(N2CC3CCC2C3)c(CNC2CC2)cn1. The molecule has 96 valence electrons. The van der Waals surface area contributed by atoms with Gasteiger partial charge in [-0.2, -0.15) is 0 Å². The highest BCUT2D eigenvalue weighted by Gasteiger charge is 2.38. The van der Waals surface area contributed by atoms with Crippen molar-refractivity contribution in [2.45, 2.75) is 50.7 Å². The smallest absolute Gasteiger partial charge is 0.0445 e. The van der Waals surface area contributed by atoms with E-state index in [0.717, 1.165) is 24.5 Å². The maximum absolute atomic E-state index is 4.31. The second-order valence-electron chi connectivity index (χ2n) is 6.14. The first kappa shape index (κ1) is 10.8. The van der Waals surface area contributed by atoms with Crippen molar-refractivity contribution in [2.75, 3.05) is 11.4 Å². The molecule has 2 heterocycles. The van der Waals surface area contributed by atoms with Gasteiger partial charge in [0.15, 0.2) is 0 Å². The largest absolute Gasteiger partial charge is 0.368 e. The molecule has 2 unspecified atom stereocenters. The topological polar surface area (TPSA) is 28.2 Å². The number of hydrogen-bond acceptors (Lipinski definition) is 3. The van der Waals surface area contributed by atoms with Gasteiger partial charge in [-0.05, 0) is 44.1 Å². The standard InChI is InChI=1S/C15H21N3/c1-4-14-7-11(1)10-18(14)15-5-6-16-8-12(15)9-17-13-2-3-13/h5-6,8,11,13-14,17H,1-4,7,9-10H2. The third kappa shape index (κ3) is 1.91. The predicted octanol–water partition coefficient (Wildman–Crippen LogP) is 2.32. The molecule has 3 heteroatoms. The third-order valence-electron chi connectivity index (χ3n) is 4.76. The Kier molecular flexibility index (Phi) is 2.54. The fourth-order valence-corrected chi connectivity index (χ4v) is 3.60. The molecule has 1 aromatic rings. The second kappa shape index (κ2) is 4.23. The molecule has 2 atom stereocenters. The summed E-state index contributed by atoms with van der Waals surface area (Å²) in [6.07, 6.45) is 11.0. The van der Waals surface area contributed by atoms with Crippen molar-refractivity contribution in [3.05, 3.63) is 24.0 Å². The monoisotopic (exact) mass is 243 g/mol. The summed E-state index contributed by atoms with van der Waals surface area (Å²) in [5.74, 6) is 0.951. The van der Waals surface area contributed by atoms with Crippen LogP contribution in [0.4, 0.5) is 5.69 Å². The average molecular weight is 243 g/mol. The Hall–Kier alpha value is -1.09. The van der Waals surface area contributed by atoms with E-state index in [1.165, 1.54) is 49.9 Å². The van der Waals surface area contributed by atoms with Gasteiger partial charge in [0.1, 0.15) is 0 Å². The second-order valence-corrected chi connectivity index (χ2v) is 6.14. The molecule has 1 aliphatic heterocycles. The molecule has 3 fully saturated rings. The minimum absolute atomic E-state index is 0.771. The van der Waals surface area contributed by atoms with E-state index in [4.69, 9.17) is 0 Å². The molecule has 0 aromatic carbocycles. The Bertz CT molecular complexity index is 441. The number of piperidine rings is 1. The molecule has 4 rings (SSSR count). The summed E-state index contributed by atoms with van der Waals surface area (Å²) in [6.45, 7) is 2.26. The van der Waals surface area contributed by atoms with Crippen molar-refractivity contribution in [3.8, 4) is 0 Å². The molecule has 2 aliphatic carbocycles. The lowest BCUT2D eigenvalue weighted by Gasteiger charge is -2.30. The normalized spacial score (nSPS) is 30.1. The van der Waals surface area contributed by atoms with Crippen molar-refractivity contribution in [2.24, 2.45) is 5.92 Å². The fourth-order valence-electron chi connectivity index (χ4n) is 3.60. The van der Waals surface area contributed by atoms with Crippen molar-refractivity contribution in [3.63, 3.8) is 0 Å². The number of fused-ring (bicyclic) bond motifs is 2. The van der Waals surface area contributed by atoms with Crippen LogP contribution in [0.1, 0.15) is 37.7 Å². The van der Waals surface area contributed by atoms with Gasteiger partial charge >= 0.3 is 0 Å². The van der Waals surface area contributed by atoms with Gasteiger partial charge < -0.3 is 10.2 Å². The van der Waals surface area contributed by atoms with E-state index < -0.39 is 0 Å². The van der Waals surface area contributed by atoms with Gasteiger partial charge in [0, 0.05) is 48.8 Å². The number of hydrogen-bond donors (Lipinski definition) is 1. The van der Waals surface area contributed by atoms with Crippen LogP contribution in [-0.4, -0.2) is 23.6 Å². The molecule has 0 amide bonds. The van der Waals surface area contributed by atoms with E-state index in [2.05, 4.69) is 27.5 Å². The van der Waals surface area contributed by atoms with E-state index in [0.29, 0.717) is 0 Å². The highest BCUT2D eigenvalue weighted by atomic mass is 15.2. The Morgan fingerprint density at radius 3 is 2.94 bits per heavy atom. The average Bonchev–Trinajstić information content (AvgIpc) is 3.00. The highest BCUT2D eigenvalue weighted by molar-refractivity contribution is 5.54. The lowest BCUT2D eigenvalue weighted by Crippen LogP contribution is -2.33. The van der Waals surface area contributed by atoms with Gasteiger partial charge in [-0.3, -0.25) is 4.98 Å². The van der Waals surface area contributed by atoms with Crippen molar-refractivity contribution in [1.82, 2.24) is 10.3 Å². The van der Waals surface area contributed by atoms with Crippen molar-refractivity contribution in [1.29, 1.82) is 0 Å². The first-order valence-electron chi connectivity index (χ1n) is 7.33. The summed E-state index contributed by atoms with van der Waals surface area (Å²) in [6, 6.07) is 3.79. The van der Waals surface area contributed by atoms with Crippen LogP contribution >= 0.6 is 0 Å². The van der Waals surface area contributed by atoms with Gasteiger partial charge in [-0.25, -0.2) is 0 Å². The van der Waals surface area contributed by atoms with E-state index in [1.807, 2.05) is 6.20 Å². The molecule has 1 saturated heterocycles. The van der Waals surface area contributed by atoms with Gasteiger partial charge in [-0.15, -0.1) is 0 Å². The van der Waals surface area contributed by atoms with Crippen LogP contribution in [0.5, 0.6) is 0 Å². The van der Waals surface area contributed by atoms with Crippen LogP contribution < -0.4 is 10.2 Å². The van der Waals surface area contributed by atoms with Crippen LogP contribution in [0.25, 0.3) is 0 Å². The van der Waals surface area contributed by atoms with Gasteiger partial charge in [0.2, 0.25) is 0 Å². The summed E-state index contributed by atoms with van der Waals surface area (Å²) in [7, 11) is 0. The minimum Gasteiger partial charge on any atom is -0.368 e. The number of nitrogens with zero attached hydrogens (tertiary/aromatic N) is 2. The third-order valence-corrected chi connectivity index (χ3v) is 4.76. The Morgan fingerprint density at radius 1 is 1.28 bits per heavy atom. The Labute approximate surface area is 109 Å². The molecule has 1 N–H and O–H groups in total. The number of aromatic nitrogens is 1. The van der Waals surface area contributed by atoms with E-state index in [9.17, 15) is 0 Å². The summed E-state index contributed by atoms with van der Waals surface area (Å²) >= 11 is 0. The van der Waals surface area contributed by atoms with Crippen molar-refractivity contribution >= 4 is 5.69 Å². The molecule has 2 saturated carbocycles. The first-order chi connectivity index (χ1) is 8.90. The Balaban J connectivity index is 1.55. The zero-order valence-corrected chi connectivity index (χ0v) is 10.8. The lowest BCUT2D eigenvalue weighted by atomic mass is 10.1. The van der Waals surface area contributed by atoms with E-state index in [1.54, 1.807) is 0 Å². The zero-order valence-electron chi connectivity index (χ0n) is 10.8. The molecule has 2 bridgehead atoms. The molecule has 0 radical (unpaired) electrons. The summed E-state index contributed by atoms with van der Waals surface area (Å²) in [5.41, 5.74) is 2.82. The van der Waals surface area contributed by atoms with Crippen LogP contribution in [0, 0.1) is 5.92 Å². The molecular formula is C15H21N3. The van der Waals surface area contributed by atoms with Crippen molar-refractivity contribution < 1.29 is 0 Å². The molecule has 0 spiro atoms. The molecular weight excluding hydrogens is 222 g/mol. The van der Waals surface area contributed by atoms with Gasteiger partial charge in [-0.1, -0.05) is 0 Å². The summed E-state index contributed by atoms with van der Waals surface area (Å²) in [5, 5.41) is 3.61. The van der Waals surface area contributed by atoms with Gasteiger partial charge in [0.05, 0.1) is 0 Å². The summed E-state index contributed by atoms with van der Waals surface area (Å²) in [4.78, 5) is 6.95. The molecule has 18 heavy (non-hydrogen) atoms. The highest BCUT2D eigenvalue weighted by Crippen LogP contribution is 2.41. The molecule has 1 aromatic heterocycles. The number of nitrogens with one attached hydrogen (secondary N) is 1. The van der Waals surface area contributed by atoms with Gasteiger partial charge in [0.25, 0.3) is 0 Å². The minimum atomic E-state index is 0.771. The van der Waals surface area contributed by atoms with Crippen LogP contribution in [0.3, 0.4) is 0 Å². The lowest BCUT2D eigenvalue weighted by molar-refractivity contribution is 0.551. The zero-order chi connectivity index (χ0) is 11.9. The maximum atomic E-state index is 4.31. The quantitative estimate of drug-likeness (QED) is 0.879. The summed E-state index contributed by atoms with van der Waals surface area (Å²) < 4.78 is 0. The predicted molar refractivity (Wildman–Crippen MR) is 72.6 cm³/mol. The van der Waals surface area contributed by atoms with Crippen LogP contribution in [0.15, 0.2) is 18.5 Å². The number of anilines is 1. The Morgan fingerprint density at radius 2 is 2.22 bits per heavy atom. The number of rotatable bonds is 4. The first-order valence-corrected chi connectivity index (χ1v) is 7.33. The van der Waals surface area contributed by atoms with E-state index in [-0.39, 0.29) is 0 Å².